The molecule has 0 aromatic heterocycles. The molecular weight excluding hydrogens is 323 g/mol. The number of carbonyl (C=O) groups is 2. The Hall–Kier alpha value is -2.73. The van der Waals surface area contributed by atoms with Crippen molar-refractivity contribution >= 4 is 17.5 Å². The minimum Gasteiger partial charge on any atom is -0.375 e. The van der Waals surface area contributed by atoms with Gasteiger partial charge in [0.1, 0.15) is 12.4 Å². The molecule has 132 valence electrons. The first kappa shape index (κ1) is 18.6. The van der Waals surface area contributed by atoms with Crippen LogP contribution < -0.4 is 10.6 Å². The Bertz CT molecular complexity index is 763. The van der Waals surface area contributed by atoms with Gasteiger partial charge in [0.15, 0.2) is 0 Å². The number of carbonyl (C=O) groups excluding carboxylic acids is 2. The van der Waals surface area contributed by atoms with Crippen LogP contribution in [-0.4, -0.2) is 25.5 Å². The van der Waals surface area contributed by atoms with Crippen LogP contribution in [0.5, 0.6) is 0 Å². The number of anilines is 1. The lowest BCUT2D eigenvalue weighted by Gasteiger charge is -2.16. The molecule has 0 fully saturated rings. The minimum atomic E-state index is -0.562. The molecule has 0 saturated carbocycles. The highest BCUT2D eigenvalue weighted by atomic mass is 19.1. The van der Waals surface area contributed by atoms with Gasteiger partial charge in [0.25, 0.3) is 5.91 Å². The van der Waals surface area contributed by atoms with Gasteiger partial charge in [-0.3, -0.25) is 9.59 Å². The van der Waals surface area contributed by atoms with Crippen molar-refractivity contribution in [3.63, 3.8) is 0 Å². The maximum absolute atomic E-state index is 14.1. The number of benzene rings is 2. The zero-order valence-electron chi connectivity index (χ0n) is 14.4. The van der Waals surface area contributed by atoms with Crippen molar-refractivity contribution in [2.75, 3.05) is 19.0 Å². The Morgan fingerprint density at radius 3 is 2.52 bits per heavy atom. The number of nitrogens with one attached hydrogen (secondary N) is 2. The summed E-state index contributed by atoms with van der Waals surface area (Å²) in [6, 6.07) is 11.8. The summed E-state index contributed by atoms with van der Waals surface area (Å²) in [7, 11) is 1.39. The maximum atomic E-state index is 14.1. The molecule has 2 rings (SSSR count). The fourth-order valence-corrected chi connectivity index (χ4v) is 2.36. The van der Waals surface area contributed by atoms with Gasteiger partial charge in [0.05, 0.1) is 6.04 Å². The van der Waals surface area contributed by atoms with Gasteiger partial charge in [-0.2, -0.15) is 0 Å². The lowest BCUT2D eigenvalue weighted by molar-refractivity contribution is -0.119. The van der Waals surface area contributed by atoms with Crippen molar-refractivity contribution in [1.29, 1.82) is 0 Å². The van der Waals surface area contributed by atoms with Crippen molar-refractivity contribution in [1.82, 2.24) is 5.32 Å². The molecule has 0 bridgehead atoms. The molecule has 0 saturated heterocycles. The molecule has 1 atom stereocenters. The number of ether oxygens (including phenoxy) is 1. The second-order valence-electron chi connectivity index (χ2n) is 5.72. The SMILES string of the molecule is COCC(=O)Nc1cc(C(=O)NC(C)c2ccccc2)cc(F)c1C. The lowest BCUT2D eigenvalue weighted by atomic mass is 10.1. The van der Waals surface area contributed by atoms with E-state index in [1.165, 1.54) is 20.1 Å². The van der Waals surface area contributed by atoms with Crippen LogP contribution in [0.1, 0.15) is 34.5 Å². The van der Waals surface area contributed by atoms with Crippen LogP contribution in [0.3, 0.4) is 0 Å². The summed E-state index contributed by atoms with van der Waals surface area (Å²) in [5, 5.41) is 5.37. The Labute approximate surface area is 146 Å². The molecule has 0 aliphatic rings. The van der Waals surface area contributed by atoms with Gasteiger partial charge in [-0.1, -0.05) is 30.3 Å². The zero-order chi connectivity index (χ0) is 18.4. The number of methoxy groups -OCH3 is 1. The first-order valence-electron chi connectivity index (χ1n) is 7.87. The van der Waals surface area contributed by atoms with E-state index < -0.39 is 17.6 Å². The summed E-state index contributed by atoms with van der Waals surface area (Å²) in [6.07, 6.45) is 0. The summed E-state index contributed by atoms with van der Waals surface area (Å²) >= 11 is 0. The van der Waals surface area contributed by atoms with Gasteiger partial charge in [-0.15, -0.1) is 0 Å². The fraction of sp³-hybridized carbons (Fsp3) is 0.263. The van der Waals surface area contributed by atoms with Crippen LogP contribution in [0.2, 0.25) is 0 Å². The smallest absolute Gasteiger partial charge is 0.251 e. The van der Waals surface area contributed by atoms with E-state index >= 15 is 0 Å². The third-order valence-electron chi connectivity index (χ3n) is 3.80. The van der Waals surface area contributed by atoms with E-state index in [4.69, 9.17) is 4.74 Å². The normalized spacial score (nSPS) is 11.7. The van der Waals surface area contributed by atoms with E-state index in [9.17, 15) is 14.0 Å². The summed E-state index contributed by atoms with van der Waals surface area (Å²) in [6.45, 7) is 3.23. The van der Waals surface area contributed by atoms with E-state index in [0.29, 0.717) is 0 Å². The highest BCUT2D eigenvalue weighted by Crippen LogP contribution is 2.22. The Morgan fingerprint density at radius 1 is 1.20 bits per heavy atom. The minimum absolute atomic E-state index is 0.138. The van der Waals surface area contributed by atoms with Gasteiger partial charge < -0.3 is 15.4 Å². The molecule has 2 N–H and O–H groups in total. The average Bonchev–Trinajstić information content (AvgIpc) is 2.59. The number of rotatable bonds is 6. The summed E-state index contributed by atoms with van der Waals surface area (Å²) in [4.78, 5) is 24.1. The van der Waals surface area contributed by atoms with Crippen LogP contribution in [0.25, 0.3) is 0 Å². The molecule has 6 heteroatoms. The molecule has 0 aliphatic carbocycles. The first-order chi connectivity index (χ1) is 11.9. The summed E-state index contributed by atoms with van der Waals surface area (Å²) < 4.78 is 18.9. The van der Waals surface area contributed by atoms with Crippen LogP contribution in [-0.2, 0) is 9.53 Å². The zero-order valence-corrected chi connectivity index (χ0v) is 14.4. The molecule has 2 amide bonds. The molecule has 2 aromatic rings. The molecule has 0 aliphatic heterocycles. The van der Waals surface area contributed by atoms with Gasteiger partial charge in [0, 0.05) is 23.9 Å². The third kappa shape index (κ3) is 4.87. The van der Waals surface area contributed by atoms with E-state index in [0.717, 1.165) is 11.6 Å². The standard InChI is InChI=1S/C19H21FN2O3/c1-12-16(20)9-15(10-17(12)22-18(23)11-25-3)19(24)21-13(2)14-7-5-4-6-8-14/h4-10,13H,11H2,1-3H3,(H,21,24)(H,22,23). The maximum Gasteiger partial charge on any atom is 0.251 e. The lowest BCUT2D eigenvalue weighted by Crippen LogP contribution is -2.27. The Morgan fingerprint density at radius 2 is 1.88 bits per heavy atom. The predicted octanol–water partition coefficient (Wildman–Crippen LogP) is 3.21. The number of hydrogen-bond acceptors (Lipinski definition) is 3. The second kappa shape index (κ2) is 8.39. The molecule has 25 heavy (non-hydrogen) atoms. The third-order valence-corrected chi connectivity index (χ3v) is 3.80. The summed E-state index contributed by atoms with van der Waals surface area (Å²) in [5.74, 6) is -1.40. The van der Waals surface area contributed by atoms with E-state index in [1.54, 1.807) is 0 Å². The van der Waals surface area contributed by atoms with Crippen molar-refractivity contribution in [3.8, 4) is 0 Å². The molecule has 1 unspecified atom stereocenters. The number of amides is 2. The molecule has 0 spiro atoms. The largest absolute Gasteiger partial charge is 0.375 e. The second-order valence-corrected chi connectivity index (χ2v) is 5.72. The molecule has 0 heterocycles. The highest BCUT2D eigenvalue weighted by Gasteiger charge is 2.16. The van der Waals surface area contributed by atoms with Gasteiger partial charge in [-0.25, -0.2) is 4.39 Å². The van der Waals surface area contributed by atoms with Crippen molar-refractivity contribution in [2.45, 2.75) is 19.9 Å². The molecular formula is C19H21FN2O3. The van der Waals surface area contributed by atoms with Gasteiger partial charge >= 0.3 is 0 Å². The highest BCUT2D eigenvalue weighted by molar-refractivity contribution is 5.98. The van der Waals surface area contributed by atoms with E-state index in [1.807, 2.05) is 37.3 Å². The van der Waals surface area contributed by atoms with Gasteiger partial charge in [-0.05, 0) is 31.5 Å². The van der Waals surface area contributed by atoms with Crippen LogP contribution in [0.15, 0.2) is 42.5 Å². The molecule has 2 aromatic carbocycles. The monoisotopic (exact) mass is 344 g/mol. The van der Waals surface area contributed by atoms with Gasteiger partial charge in [0.2, 0.25) is 5.91 Å². The van der Waals surface area contributed by atoms with Crippen LogP contribution in [0, 0.1) is 12.7 Å². The quantitative estimate of drug-likeness (QED) is 0.845. The van der Waals surface area contributed by atoms with Crippen LogP contribution in [0.4, 0.5) is 10.1 Å². The van der Waals surface area contributed by atoms with Crippen molar-refractivity contribution in [2.24, 2.45) is 0 Å². The number of halogens is 1. The number of hydrogen-bond donors (Lipinski definition) is 2. The molecule has 5 nitrogen and oxygen atoms in total. The van der Waals surface area contributed by atoms with Crippen molar-refractivity contribution < 1.29 is 18.7 Å². The topological polar surface area (TPSA) is 67.4 Å². The van der Waals surface area contributed by atoms with E-state index in [-0.39, 0.29) is 29.5 Å². The van der Waals surface area contributed by atoms with Crippen LogP contribution >= 0.6 is 0 Å². The Balaban J connectivity index is 2.19. The predicted molar refractivity (Wildman–Crippen MR) is 94.0 cm³/mol. The fourth-order valence-electron chi connectivity index (χ4n) is 2.36. The van der Waals surface area contributed by atoms with Crippen molar-refractivity contribution in [3.05, 3.63) is 65.0 Å². The average molecular weight is 344 g/mol. The molecule has 0 radical (unpaired) electrons. The Kier molecular flexibility index (Phi) is 6.25. The first-order valence-corrected chi connectivity index (χ1v) is 7.87. The van der Waals surface area contributed by atoms with E-state index in [2.05, 4.69) is 10.6 Å². The summed E-state index contributed by atoms with van der Waals surface area (Å²) in [5.41, 5.74) is 1.59.